The van der Waals surface area contributed by atoms with Crippen LogP contribution in [-0.2, 0) is 16.1 Å². The van der Waals surface area contributed by atoms with Crippen LogP contribution in [0.2, 0.25) is 0 Å². The maximum absolute atomic E-state index is 12.6. The van der Waals surface area contributed by atoms with Crippen molar-refractivity contribution in [1.29, 1.82) is 0 Å². The fraction of sp³-hybridized carbons (Fsp3) is 0.105. The molecule has 1 saturated heterocycles. The van der Waals surface area contributed by atoms with E-state index in [1.807, 2.05) is 30.3 Å². The maximum Gasteiger partial charge on any atom is 0.269 e. The number of nitrogens with one attached hydrogen (secondary N) is 1. The fourth-order valence-corrected chi connectivity index (χ4v) is 3.73. The van der Waals surface area contributed by atoms with E-state index in [2.05, 4.69) is 5.32 Å². The Labute approximate surface area is 170 Å². The van der Waals surface area contributed by atoms with Gasteiger partial charge in [-0.3, -0.25) is 24.6 Å². The van der Waals surface area contributed by atoms with Crippen molar-refractivity contribution in [3.05, 3.63) is 80.7 Å². The summed E-state index contributed by atoms with van der Waals surface area (Å²) in [6.07, 6.45) is 1.60. The van der Waals surface area contributed by atoms with Gasteiger partial charge in [-0.1, -0.05) is 54.3 Å². The van der Waals surface area contributed by atoms with Crippen molar-refractivity contribution in [2.24, 2.45) is 0 Å². The molecule has 0 spiro atoms. The van der Waals surface area contributed by atoms with Gasteiger partial charge in [-0.25, -0.2) is 0 Å². The number of nitro benzene ring substituents is 1. The van der Waals surface area contributed by atoms with Crippen LogP contribution in [0.1, 0.15) is 11.1 Å². The maximum atomic E-state index is 12.6. The predicted octanol–water partition coefficient (Wildman–Crippen LogP) is 3.11. The van der Waals surface area contributed by atoms with E-state index in [1.165, 1.54) is 17.0 Å². The minimum absolute atomic E-state index is 0.0280. The molecule has 1 aliphatic rings. The predicted molar refractivity (Wildman–Crippen MR) is 111 cm³/mol. The SMILES string of the molecule is O=C(CN1C(=O)/C(=C/c2ccc([N+](=O)[O-])cc2)SC1=S)NCc1ccccc1. The van der Waals surface area contributed by atoms with E-state index in [9.17, 15) is 19.7 Å². The Morgan fingerprint density at radius 1 is 1.18 bits per heavy atom. The smallest absolute Gasteiger partial charge is 0.269 e. The van der Waals surface area contributed by atoms with Crippen LogP contribution in [0.4, 0.5) is 5.69 Å². The van der Waals surface area contributed by atoms with Crippen LogP contribution in [0.5, 0.6) is 0 Å². The first-order valence-electron chi connectivity index (χ1n) is 8.24. The number of benzene rings is 2. The van der Waals surface area contributed by atoms with Gasteiger partial charge in [0.15, 0.2) is 0 Å². The van der Waals surface area contributed by atoms with E-state index in [-0.39, 0.29) is 24.0 Å². The van der Waals surface area contributed by atoms with Gasteiger partial charge in [0.25, 0.3) is 11.6 Å². The number of nitro groups is 1. The van der Waals surface area contributed by atoms with Crippen LogP contribution in [0.3, 0.4) is 0 Å². The Hall–Kier alpha value is -3.04. The van der Waals surface area contributed by atoms with Crippen LogP contribution in [0.25, 0.3) is 6.08 Å². The van der Waals surface area contributed by atoms with Crippen molar-refractivity contribution in [1.82, 2.24) is 10.2 Å². The average molecular weight is 413 g/mol. The van der Waals surface area contributed by atoms with Gasteiger partial charge >= 0.3 is 0 Å². The number of hydrogen-bond acceptors (Lipinski definition) is 6. The van der Waals surface area contributed by atoms with Gasteiger partial charge in [-0.05, 0) is 29.3 Å². The van der Waals surface area contributed by atoms with Gasteiger partial charge in [-0.2, -0.15) is 0 Å². The second kappa shape index (κ2) is 8.77. The molecule has 1 N–H and O–H groups in total. The van der Waals surface area contributed by atoms with Crippen molar-refractivity contribution >= 4 is 51.9 Å². The number of rotatable bonds is 6. The summed E-state index contributed by atoms with van der Waals surface area (Å²) in [6, 6.07) is 15.3. The molecule has 142 valence electrons. The number of non-ortho nitro benzene ring substituents is 1. The lowest BCUT2D eigenvalue weighted by atomic mass is 10.2. The average Bonchev–Trinajstić information content (AvgIpc) is 2.95. The third kappa shape index (κ3) is 4.81. The molecule has 7 nitrogen and oxygen atoms in total. The monoisotopic (exact) mass is 413 g/mol. The third-order valence-electron chi connectivity index (χ3n) is 3.91. The highest BCUT2D eigenvalue weighted by Gasteiger charge is 2.33. The zero-order valence-corrected chi connectivity index (χ0v) is 16.2. The minimum Gasteiger partial charge on any atom is -0.350 e. The molecular weight excluding hydrogens is 398 g/mol. The Morgan fingerprint density at radius 2 is 1.86 bits per heavy atom. The quantitative estimate of drug-likeness (QED) is 0.339. The van der Waals surface area contributed by atoms with Crippen molar-refractivity contribution in [3.8, 4) is 0 Å². The van der Waals surface area contributed by atoms with Crippen molar-refractivity contribution in [3.63, 3.8) is 0 Å². The second-order valence-electron chi connectivity index (χ2n) is 5.88. The lowest BCUT2D eigenvalue weighted by Crippen LogP contribution is -2.39. The normalized spacial score (nSPS) is 15.1. The highest BCUT2D eigenvalue weighted by molar-refractivity contribution is 8.26. The highest BCUT2D eigenvalue weighted by atomic mass is 32.2. The molecular formula is C19H15N3O4S2. The summed E-state index contributed by atoms with van der Waals surface area (Å²) < 4.78 is 0.299. The number of thioether (sulfide) groups is 1. The zero-order chi connectivity index (χ0) is 20.1. The number of carbonyl (C=O) groups excluding carboxylic acids is 2. The molecule has 2 amide bonds. The molecule has 1 heterocycles. The van der Waals surface area contributed by atoms with Crippen LogP contribution >= 0.6 is 24.0 Å². The number of hydrogen-bond donors (Lipinski definition) is 1. The Balaban J connectivity index is 1.62. The molecule has 0 aliphatic carbocycles. The second-order valence-corrected chi connectivity index (χ2v) is 7.55. The lowest BCUT2D eigenvalue weighted by molar-refractivity contribution is -0.384. The number of nitrogens with zero attached hydrogens (tertiary/aromatic N) is 2. The first kappa shape index (κ1) is 19.7. The van der Waals surface area contributed by atoms with E-state index < -0.39 is 4.92 Å². The third-order valence-corrected chi connectivity index (χ3v) is 5.29. The summed E-state index contributed by atoms with van der Waals surface area (Å²) in [4.78, 5) is 36.6. The Morgan fingerprint density at radius 3 is 2.50 bits per heavy atom. The first-order chi connectivity index (χ1) is 13.4. The summed E-state index contributed by atoms with van der Waals surface area (Å²) >= 11 is 6.32. The molecule has 0 unspecified atom stereocenters. The highest BCUT2D eigenvalue weighted by Crippen LogP contribution is 2.32. The van der Waals surface area contributed by atoms with Gasteiger partial charge < -0.3 is 5.32 Å². The van der Waals surface area contributed by atoms with E-state index in [4.69, 9.17) is 12.2 Å². The standard InChI is InChI=1S/C19H15N3O4S2/c23-17(20-11-14-4-2-1-3-5-14)12-21-18(24)16(28-19(21)27)10-13-6-8-15(9-7-13)22(25)26/h1-10H,11-12H2,(H,20,23)/b16-10-. The summed E-state index contributed by atoms with van der Waals surface area (Å²) in [6.45, 7) is 0.211. The summed E-state index contributed by atoms with van der Waals surface area (Å²) in [5, 5.41) is 13.5. The molecule has 0 atom stereocenters. The topological polar surface area (TPSA) is 92.5 Å². The van der Waals surface area contributed by atoms with Crippen LogP contribution in [0.15, 0.2) is 59.5 Å². The molecule has 9 heteroatoms. The molecule has 28 heavy (non-hydrogen) atoms. The molecule has 0 bridgehead atoms. The number of thiocarbonyl (C=S) groups is 1. The summed E-state index contributed by atoms with van der Waals surface area (Å²) in [5.41, 5.74) is 1.57. The molecule has 1 fully saturated rings. The van der Waals surface area contributed by atoms with E-state index >= 15 is 0 Å². The molecule has 0 radical (unpaired) electrons. The minimum atomic E-state index is -0.489. The van der Waals surface area contributed by atoms with Crippen molar-refractivity contribution < 1.29 is 14.5 Å². The Bertz CT molecular complexity index is 959. The fourth-order valence-electron chi connectivity index (χ4n) is 2.48. The van der Waals surface area contributed by atoms with Crippen LogP contribution in [-0.4, -0.2) is 32.5 Å². The first-order valence-corrected chi connectivity index (χ1v) is 9.47. The molecule has 2 aromatic carbocycles. The van der Waals surface area contributed by atoms with E-state index in [1.54, 1.807) is 18.2 Å². The van der Waals surface area contributed by atoms with Crippen LogP contribution < -0.4 is 5.32 Å². The van der Waals surface area contributed by atoms with E-state index in [0.29, 0.717) is 21.3 Å². The molecule has 2 aromatic rings. The number of carbonyl (C=O) groups is 2. The van der Waals surface area contributed by atoms with Crippen molar-refractivity contribution in [2.75, 3.05) is 6.54 Å². The van der Waals surface area contributed by atoms with Gasteiger partial charge in [-0.15, -0.1) is 0 Å². The lowest BCUT2D eigenvalue weighted by Gasteiger charge is -2.14. The molecule has 0 saturated carbocycles. The Kier molecular flexibility index (Phi) is 6.17. The zero-order valence-electron chi connectivity index (χ0n) is 14.5. The van der Waals surface area contributed by atoms with E-state index in [0.717, 1.165) is 17.3 Å². The van der Waals surface area contributed by atoms with Gasteiger partial charge in [0, 0.05) is 18.7 Å². The van der Waals surface area contributed by atoms with Gasteiger partial charge in [0.2, 0.25) is 5.91 Å². The van der Waals surface area contributed by atoms with Gasteiger partial charge in [0.05, 0.1) is 9.83 Å². The number of amides is 2. The molecule has 0 aromatic heterocycles. The largest absolute Gasteiger partial charge is 0.350 e. The van der Waals surface area contributed by atoms with Gasteiger partial charge in [0.1, 0.15) is 10.9 Å². The summed E-state index contributed by atoms with van der Waals surface area (Å²) in [7, 11) is 0. The van der Waals surface area contributed by atoms with Crippen molar-refractivity contribution in [2.45, 2.75) is 6.54 Å². The van der Waals surface area contributed by atoms with Crippen LogP contribution in [0, 0.1) is 10.1 Å². The molecule has 1 aliphatic heterocycles. The molecule has 3 rings (SSSR count). The summed E-state index contributed by atoms with van der Waals surface area (Å²) in [5.74, 6) is -0.667.